The van der Waals surface area contributed by atoms with E-state index in [0.717, 1.165) is 5.56 Å². The quantitative estimate of drug-likeness (QED) is 0.771. The SMILES string of the molecule is C=CCN(CCNS(=O)(=O)c1cccc(C)c1)C(C)=O. The monoisotopic (exact) mass is 296 g/mol. The molecule has 6 heteroatoms. The molecule has 0 fully saturated rings. The molecule has 0 saturated heterocycles. The van der Waals surface area contributed by atoms with Crippen LogP contribution in [0.25, 0.3) is 0 Å². The van der Waals surface area contributed by atoms with Gasteiger partial charge in [-0.15, -0.1) is 6.58 Å². The normalized spacial score (nSPS) is 11.1. The Bertz CT molecular complexity index is 582. The predicted molar refractivity (Wildman–Crippen MR) is 78.8 cm³/mol. The maximum atomic E-state index is 12.1. The average molecular weight is 296 g/mol. The minimum Gasteiger partial charge on any atom is -0.338 e. The van der Waals surface area contributed by atoms with Crippen molar-refractivity contribution in [1.82, 2.24) is 9.62 Å². The molecule has 5 nitrogen and oxygen atoms in total. The summed E-state index contributed by atoms with van der Waals surface area (Å²) in [6.45, 7) is 7.73. The Balaban J connectivity index is 2.64. The van der Waals surface area contributed by atoms with Gasteiger partial charge in [-0.2, -0.15) is 0 Å². The van der Waals surface area contributed by atoms with Crippen LogP contribution in [0.1, 0.15) is 12.5 Å². The molecule has 0 spiro atoms. The second-order valence-electron chi connectivity index (χ2n) is 4.47. The van der Waals surface area contributed by atoms with Crippen molar-refractivity contribution in [2.45, 2.75) is 18.7 Å². The van der Waals surface area contributed by atoms with E-state index in [9.17, 15) is 13.2 Å². The molecule has 0 unspecified atom stereocenters. The highest BCUT2D eigenvalue weighted by Gasteiger charge is 2.14. The average Bonchev–Trinajstić information content (AvgIpc) is 2.37. The standard InChI is InChI=1S/C14H20N2O3S/c1-4-9-16(13(3)17)10-8-15-20(18,19)14-7-5-6-12(2)11-14/h4-7,11,15H,1,8-10H2,2-3H3. The van der Waals surface area contributed by atoms with Crippen molar-refractivity contribution < 1.29 is 13.2 Å². The van der Waals surface area contributed by atoms with Crippen molar-refractivity contribution in [3.8, 4) is 0 Å². The molecule has 110 valence electrons. The van der Waals surface area contributed by atoms with Crippen molar-refractivity contribution >= 4 is 15.9 Å². The van der Waals surface area contributed by atoms with Gasteiger partial charge in [-0.1, -0.05) is 18.2 Å². The van der Waals surface area contributed by atoms with Gasteiger partial charge in [0, 0.05) is 26.6 Å². The van der Waals surface area contributed by atoms with Crippen LogP contribution in [0.2, 0.25) is 0 Å². The molecular weight excluding hydrogens is 276 g/mol. The molecule has 1 aromatic rings. The van der Waals surface area contributed by atoms with Crippen molar-refractivity contribution in [2.24, 2.45) is 0 Å². The van der Waals surface area contributed by atoms with E-state index in [-0.39, 0.29) is 17.3 Å². The number of nitrogens with zero attached hydrogens (tertiary/aromatic N) is 1. The zero-order chi connectivity index (χ0) is 15.2. The molecule has 0 bridgehead atoms. The van der Waals surface area contributed by atoms with E-state index in [1.807, 2.05) is 13.0 Å². The minimum atomic E-state index is -3.53. The number of nitrogens with one attached hydrogen (secondary N) is 1. The Morgan fingerprint density at radius 2 is 2.15 bits per heavy atom. The number of amides is 1. The van der Waals surface area contributed by atoms with E-state index in [4.69, 9.17) is 0 Å². The minimum absolute atomic E-state index is 0.111. The van der Waals surface area contributed by atoms with Gasteiger partial charge in [0.2, 0.25) is 15.9 Å². The zero-order valence-corrected chi connectivity index (χ0v) is 12.6. The summed E-state index contributed by atoms with van der Waals surface area (Å²) >= 11 is 0. The molecule has 1 rings (SSSR count). The predicted octanol–water partition coefficient (Wildman–Crippen LogP) is 1.31. The smallest absolute Gasteiger partial charge is 0.240 e. The molecule has 0 radical (unpaired) electrons. The number of benzene rings is 1. The third-order valence-electron chi connectivity index (χ3n) is 2.77. The van der Waals surface area contributed by atoms with Crippen LogP contribution in [0.5, 0.6) is 0 Å². The Kier molecular flexibility index (Phi) is 5.91. The molecule has 0 aliphatic carbocycles. The fourth-order valence-electron chi connectivity index (χ4n) is 1.71. The molecule has 0 aromatic heterocycles. The van der Waals surface area contributed by atoms with Gasteiger partial charge in [0.05, 0.1) is 4.90 Å². The van der Waals surface area contributed by atoms with E-state index in [1.165, 1.54) is 11.8 Å². The van der Waals surface area contributed by atoms with Gasteiger partial charge in [-0.25, -0.2) is 13.1 Å². The Labute approximate surface area is 120 Å². The summed E-state index contributed by atoms with van der Waals surface area (Å²) < 4.78 is 26.6. The first-order valence-electron chi connectivity index (χ1n) is 6.29. The van der Waals surface area contributed by atoms with Crippen LogP contribution in [0.4, 0.5) is 0 Å². The Hall–Kier alpha value is -1.66. The maximum absolute atomic E-state index is 12.1. The van der Waals surface area contributed by atoms with Gasteiger partial charge < -0.3 is 4.90 Å². The van der Waals surface area contributed by atoms with Crippen LogP contribution in [0, 0.1) is 6.92 Å². The zero-order valence-electron chi connectivity index (χ0n) is 11.8. The molecule has 0 aliphatic heterocycles. The van der Waals surface area contributed by atoms with Crippen molar-refractivity contribution in [1.29, 1.82) is 0 Å². The number of sulfonamides is 1. The van der Waals surface area contributed by atoms with Crippen molar-refractivity contribution in [3.05, 3.63) is 42.5 Å². The van der Waals surface area contributed by atoms with Gasteiger partial charge in [0.15, 0.2) is 0 Å². The molecule has 0 saturated carbocycles. The van der Waals surface area contributed by atoms with Crippen LogP contribution in [-0.2, 0) is 14.8 Å². The molecule has 0 atom stereocenters. The second-order valence-corrected chi connectivity index (χ2v) is 6.23. The third-order valence-corrected chi connectivity index (χ3v) is 4.23. The van der Waals surface area contributed by atoms with E-state index >= 15 is 0 Å². The van der Waals surface area contributed by atoms with Gasteiger partial charge in [-0.05, 0) is 24.6 Å². The van der Waals surface area contributed by atoms with E-state index in [1.54, 1.807) is 24.3 Å². The van der Waals surface area contributed by atoms with Gasteiger partial charge in [0.25, 0.3) is 0 Å². The topological polar surface area (TPSA) is 66.5 Å². The third kappa shape index (κ3) is 4.79. The van der Waals surface area contributed by atoms with E-state index in [0.29, 0.717) is 13.1 Å². The number of carbonyl (C=O) groups excluding carboxylic acids is 1. The first-order valence-corrected chi connectivity index (χ1v) is 7.78. The number of hydrogen-bond acceptors (Lipinski definition) is 3. The second kappa shape index (κ2) is 7.21. The molecule has 0 heterocycles. The van der Waals surface area contributed by atoms with Crippen LogP contribution in [0.3, 0.4) is 0 Å². The summed E-state index contributed by atoms with van der Waals surface area (Å²) in [5.41, 5.74) is 0.880. The maximum Gasteiger partial charge on any atom is 0.240 e. The fraction of sp³-hybridized carbons (Fsp3) is 0.357. The number of hydrogen-bond donors (Lipinski definition) is 1. The summed E-state index contributed by atoms with van der Waals surface area (Å²) in [7, 11) is -3.53. The lowest BCUT2D eigenvalue weighted by Crippen LogP contribution is -2.37. The van der Waals surface area contributed by atoms with Gasteiger partial charge in [-0.3, -0.25) is 4.79 Å². The van der Waals surface area contributed by atoms with Crippen LogP contribution in [-0.4, -0.2) is 38.9 Å². The highest BCUT2D eigenvalue weighted by atomic mass is 32.2. The molecule has 20 heavy (non-hydrogen) atoms. The lowest BCUT2D eigenvalue weighted by molar-refractivity contribution is -0.128. The number of rotatable bonds is 7. The summed E-state index contributed by atoms with van der Waals surface area (Å²) in [5, 5.41) is 0. The van der Waals surface area contributed by atoms with E-state index < -0.39 is 10.0 Å². The summed E-state index contributed by atoms with van der Waals surface area (Å²) in [6.07, 6.45) is 1.61. The van der Waals surface area contributed by atoms with Crippen molar-refractivity contribution in [2.75, 3.05) is 19.6 Å². The molecular formula is C14H20N2O3S. The first kappa shape index (κ1) is 16.4. The van der Waals surface area contributed by atoms with Crippen LogP contribution < -0.4 is 4.72 Å². The highest BCUT2D eigenvalue weighted by molar-refractivity contribution is 7.89. The Morgan fingerprint density at radius 3 is 2.70 bits per heavy atom. The molecule has 1 aromatic carbocycles. The van der Waals surface area contributed by atoms with Gasteiger partial charge in [0.1, 0.15) is 0 Å². The first-order chi connectivity index (χ1) is 9.36. The fourth-order valence-corrected chi connectivity index (χ4v) is 2.84. The van der Waals surface area contributed by atoms with E-state index in [2.05, 4.69) is 11.3 Å². The molecule has 0 aliphatic rings. The Morgan fingerprint density at radius 1 is 1.45 bits per heavy atom. The highest BCUT2D eigenvalue weighted by Crippen LogP contribution is 2.10. The van der Waals surface area contributed by atoms with Crippen LogP contribution >= 0.6 is 0 Å². The molecule has 1 N–H and O–H groups in total. The summed E-state index contributed by atoms with van der Waals surface area (Å²) in [6, 6.07) is 6.68. The summed E-state index contributed by atoms with van der Waals surface area (Å²) in [5.74, 6) is -0.111. The lowest BCUT2D eigenvalue weighted by Gasteiger charge is -2.19. The largest absolute Gasteiger partial charge is 0.338 e. The van der Waals surface area contributed by atoms with Crippen molar-refractivity contribution in [3.63, 3.8) is 0 Å². The summed E-state index contributed by atoms with van der Waals surface area (Å²) in [4.78, 5) is 13.1. The molecule has 1 amide bonds. The lowest BCUT2D eigenvalue weighted by atomic mass is 10.2. The number of carbonyl (C=O) groups is 1. The number of aryl methyl sites for hydroxylation is 1. The van der Waals surface area contributed by atoms with Gasteiger partial charge >= 0.3 is 0 Å². The van der Waals surface area contributed by atoms with Crippen LogP contribution in [0.15, 0.2) is 41.8 Å².